The number of aliphatic carboxylic acids is 1. The van der Waals surface area contributed by atoms with Crippen molar-refractivity contribution in [3.05, 3.63) is 28.8 Å². The van der Waals surface area contributed by atoms with E-state index in [0.717, 1.165) is 11.1 Å². The number of benzene rings is 1. The van der Waals surface area contributed by atoms with Crippen molar-refractivity contribution < 1.29 is 19.4 Å². The number of ketones is 1. The number of nitrogens with zero attached hydrogens (tertiary/aromatic N) is 1. The molecule has 0 aliphatic rings. The Labute approximate surface area is 119 Å². The van der Waals surface area contributed by atoms with E-state index >= 15 is 0 Å². The third-order valence-corrected chi connectivity index (χ3v) is 3.04. The average molecular weight is 279 g/mol. The Morgan fingerprint density at radius 2 is 1.95 bits per heavy atom. The molecule has 0 aliphatic carbocycles. The first-order chi connectivity index (χ1) is 9.35. The van der Waals surface area contributed by atoms with E-state index in [9.17, 15) is 9.59 Å². The van der Waals surface area contributed by atoms with Crippen molar-refractivity contribution in [2.24, 2.45) is 0 Å². The van der Waals surface area contributed by atoms with Crippen LogP contribution in [0, 0.1) is 13.8 Å². The molecule has 0 atom stereocenters. The van der Waals surface area contributed by atoms with Crippen molar-refractivity contribution in [3.63, 3.8) is 0 Å². The van der Waals surface area contributed by atoms with Crippen LogP contribution in [0.3, 0.4) is 0 Å². The van der Waals surface area contributed by atoms with Crippen LogP contribution in [0.4, 0.5) is 0 Å². The van der Waals surface area contributed by atoms with Gasteiger partial charge in [0.05, 0.1) is 25.6 Å². The first-order valence-corrected chi connectivity index (χ1v) is 6.44. The lowest BCUT2D eigenvalue weighted by Gasteiger charge is -2.17. The first kappa shape index (κ1) is 16.2. The van der Waals surface area contributed by atoms with Crippen molar-refractivity contribution in [3.8, 4) is 5.75 Å². The fourth-order valence-corrected chi connectivity index (χ4v) is 2.13. The van der Waals surface area contributed by atoms with E-state index in [2.05, 4.69) is 0 Å². The van der Waals surface area contributed by atoms with Gasteiger partial charge in [-0.25, -0.2) is 0 Å². The number of ether oxygens (including phenoxy) is 1. The van der Waals surface area contributed by atoms with Gasteiger partial charge < -0.3 is 9.84 Å². The molecule has 0 saturated heterocycles. The molecule has 0 radical (unpaired) electrons. The minimum absolute atomic E-state index is 0.0216. The molecule has 0 aliphatic heterocycles. The summed E-state index contributed by atoms with van der Waals surface area (Å²) in [6, 6.07) is 3.77. The number of hydrogen-bond donors (Lipinski definition) is 1. The molecule has 0 heterocycles. The predicted molar refractivity (Wildman–Crippen MR) is 76.5 cm³/mol. The van der Waals surface area contributed by atoms with Crippen LogP contribution in [-0.4, -0.2) is 49.0 Å². The van der Waals surface area contributed by atoms with Gasteiger partial charge in [0.25, 0.3) is 0 Å². The highest BCUT2D eigenvalue weighted by molar-refractivity contribution is 6.00. The lowest BCUT2D eigenvalue weighted by atomic mass is 10.0. The second-order valence-electron chi connectivity index (χ2n) is 4.97. The highest BCUT2D eigenvalue weighted by Gasteiger charge is 2.17. The van der Waals surface area contributed by atoms with E-state index in [1.807, 2.05) is 19.9 Å². The van der Waals surface area contributed by atoms with Crippen LogP contribution in [0.15, 0.2) is 12.1 Å². The molecule has 1 N–H and O–H groups in total. The number of rotatable bonds is 7. The van der Waals surface area contributed by atoms with E-state index in [1.165, 1.54) is 0 Å². The zero-order valence-corrected chi connectivity index (χ0v) is 12.4. The summed E-state index contributed by atoms with van der Waals surface area (Å²) in [5.74, 6) is -0.345. The van der Waals surface area contributed by atoms with E-state index in [-0.39, 0.29) is 18.7 Å². The molecule has 0 fully saturated rings. The number of carbonyl (C=O) groups excluding carboxylic acids is 1. The lowest BCUT2D eigenvalue weighted by Crippen LogP contribution is -2.28. The van der Waals surface area contributed by atoms with Crippen LogP contribution < -0.4 is 4.74 Å². The molecule has 1 rings (SSSR count). The Bertz CT molecular complexity index is 511. The van der Waals surface area contributed by atoms with Gasteiger partial charge in [0, 0.05) is 6.54 Å². The number of carbonyl (C=O) groups is 2. The summed E-state index contributed by atoms with van der Waals surface area (Å²) in [5.41, 5.74) is 2.47. The second-order valence-corrected chi connectivity index (χ2v) is 4.97. The second kappa shape index (κ2) is 7.05. The number of Topliss-reactive ketones (excluding diaryl/α,β-unsaturated/α-hetero) is 1. The summed E-state index contributed by atoms with van der Waals surface area (Å²) in [6.45, 7) is 4.34. The Hall–Kier alpha value is -1.88. The van der Waals surface area contributed by atoms with Gasteiger partial charge in [-0.05, 0) is 38.1 Å². The molecule has 1 aromatic rings. The molecule has 110 valence electrons. The minimum Gasteiger partial charge on any atom is -0.496 e. The maximum Gasteiger partial charge on any atom is 0.304 e. The number of hydrogen-bond acceptors (Lipinski definition) is 4. The van der Waals surface area contributed by atoms with Crippen molar-refractivity contribution >= 4 is 11.8 Å². The van der Waals surface area contributed by atoms with Crippen molar-refractivity contribution in [1.82, 2.24) is 4.90 Å². The summed E-state index contributed by atoms with van der Waals surface area (Å²) in [4.78, 5) is 24.5. The Morgan fingerprint density at radius 3 is 2.50 bits per heavy atom. The number of methoxy groups -OCH3 is 1. The molecular formula is C15H21NO4. The molecule has 0 spiro atoms. The van der Waals surface area contributed by atoms with Crippen molar-refractivity contribution in [2.45, 2.75) is 20.3 Å². The molecule has 0 unspecified atom stereocenters. The molecule has 1 aromatic carbocycles. The number of aryl methyl sites for hydroxylation is 2. The highest BCUT2D eigenvalue weighted by Crippen LogP contribution is 2.25. The Kier molecular flexibility index (Phi) is 5.70. The van der Waals surface area contributed by atoms with Crippen molar-refractivity contribution in [1.29, 1.82) is 0 Å². The molecular weight excluding hydrogens is 258 g/mol. The van der Waals surface area contributed by atoms with E-state index in [1.54, 1.807) is 25.1 Å². The van der Waals surface area contributed by atoms with Crippen LogP contribution in [0.25, 0.3) is 0 Å². The summed E-state index contributed by atoms with van der Waals surface area (Å²) < 4.78 is 5.30. The standard InChI is InChI=1S/C15H21NO4/c1-10-7-11(2)15(20-4)12(8-10)13(17)9-16(3)6-5-14(18)19/h7-8H,5-6,9H2,1-4H3,(H,18,19). The Morgan fingerprint density at radius 1 is 1.30 bits per heavy atom. The molecule has 5 heteroatoms. The average Bonchev–Trinajstić information content (AvgIpc) is 2.35. The largest absolute Gasteiger partial charge is 0.496 e. The van der Waals surface area contributed by atoms with Crippen LogP contribution in [-0.2, 0) is 4.79 Å². The monoisotopic (exact) mass is 279 g/mol. The van der Waals surface area contributed by atoms with Crippen LogP contribution in [0.2, 0.25) is 0 Å². The van der Waals surface area contributed by atoms with Gasteiger partial charge in [0.1, 0.15) is 5.75 Å². The maximum atomic E-state index is 12.3. The third kappa shape index (κ3) is 4.35. The number of likely N-dealkylation sites (N-methyl/N-ethyl adjacent to an activating group) is 1. The summed E-state index contributed by atoms with van der Waals surface area (Å²) in [5, 5.41) is 8.64. The summed E-state index contributed by atoms with van der Waals surface area (Å²) in [6.07, 6.45) is 0.0216. The van der Waals surface area contributed by atoms with Gasteiger partial charge in [-0.15, -0.1) is 0 Å². The minimum atomic E-state index is -0.867. The maximum absolute atomic E-state index is 12.3. The van der Waals surface area contributed by atoms with Gasteiger partial charge in [0.2, 0.25) is 0 Å². The third-order valence-electron chi connectivity index (χ3n) is 3.04. The van der Waals surface area contributed by atoms with E-state index in [4.69, 9.17) is 9.84 Å². The SMILES string of the molecule is COc1c(C)cc(C)cc1C(=O)CN(C)CCC(=O)O. The first-order valence-electron chi connectivity index (χ1n) is 6.44. The fraction of sp³-hybridized carbons (Fsp3) is 0.467. The molecule has 0 aromatic heterocycles. The normalized spacial score (nSPS) is 10.7. The quantitative estimate of drug-likeness (QED) is 0.772. The predicted octanol–water partition coefficient (Wildman–Crippen LogP) is 1.90. The summed E-state index contributed by atoms with van der Waals surface area (Å²) >= 11 is 0. The van der Waals surface area contributed by atoms with E-state index in [0.29, 0.717) is 17.9 Å². The lowest BCUT2D eigenvalue weighted by molar-refractivity contribution is -0.137. The molecule has 20 heavy (non-hydrogen) atoms. The van der Waals surface area contributed by atoms with Gasteiger partial charge in [-0.2, -0.15) is 0 Å². The Balaban J connectivity index is 2.84. The fourth-order valence-electron chi connectivity index (χ4n) is 2.13. The zero-order valence-electron chi connectivity index (χ0n) is 12.4. The van der Waals surface area contributed by atoms with Gasteiger partial charge in [-0.1, -0.05) is 6.07 Å². The van der Waals surface area contributed by atoms with Gasteiger partial charge in [-0.3, -0.25) is 14.5 Å². The smallest absolute Gasteiger partial charge is 0.304 e. The topological polar surface area (TPSA) is 66.8 Å². The highest BCUT2D eigenvalue weighted by atomic mass is 16.5. The number of carboxylic acid groups (broad SMARTS) is 1. The van der Waals surface area contributed by atoms with Crippen molar-refractivity contribution in [2.75, 3.05) is 27.2 Å². The van der Waals surface area contributed by atoms with E-state index < -0.39 is 5.97 Å². The van der Waals surface area contributed by atoms with Crippen LogP contribution in [0.5, 0.6) is 5.75 Å². The molecule has 0 amide bonds. The van der Waals surface area contributed by atoms with Gasteiger partial charge in [0.15, 0.2) is 5.78 Å². The zero-order chi connectivity index (χ0) is 15.3. The molecule has 0 saturated carbocycles. The molecule has 0 bridgehead atoms. The van der Waals surface area contributed by atoms with Crippen LogP contribution in [0.1, 0.15) is 27.9 Å². The van der Waals surface area contributed by atoms with Gasteiger partial charge >= 0.3 is 5.97 Å². The number of carboxylic acids is 1. The van der Waals surface area contributed by atoms with Crippen LogP contribution >= 0.6 is 0 Å². The molecule has 5 nitrogen and oxygen atoms in total. The summed E-state index contributed by atoms with van der Waals surface area (Å²) in [7, 11) is 3.28.